The average molecular weight is 229 g/mol. The first-order valence-electron chi connectivity index (χ1n) is 2.83. The van der Waals surface area contributed by atoms with E-state index in [0.29, 0.717) is 20.6 Å². The zero-order valence-electron chi connectivity index (χ0n) is 5.50. The summed E-state index contributed by atoms with van der Waals surface area (Å²) in [6.45, 7) is 0. The SMILES string of the molecule is N#Cc1cc(S)c(N)cc1Br. The first-order chi connectivity index (χ1) is 5.15. The van der Waals surface area contributed by atoms with Gasteiger partial charge in [-0.1, -0.05) is 0 Å². The van der Waals surface area contributed by atoms with E-state index in [1.54, 1.807) is 12.1 Å². The number of nitrogens with zero attached hydrogens (tertiary/aromatic N) is 1. The maximum atomic E-state index is 8.58. The third kappa shape index (κ3) is 1.67. The Morgan fingerprint density at radius 1 is 1.55 bits per heavy atom. The van der Waals surface area contributed by atoms with Crippen molar-refractivity contribution < 1.29 is 0 Å². The molecule has 4 heteroatoms. The summed E-state index contributed by atoms with van der Waals surface area (Å²) in [5.74, 6) is 0. The van der Waals surface area contributed by atoms with Gasteiger partial charge in [-0.2, -0.15) is 5.26 Å². The van der Waals surface area contributed by atoms with Crippen molar-refractivity contribution in [3.63, 3.8) is 0 Å². The molecule has 0 heterocycles. The van der Waals surface area contributed by atoms with Gasteiger partial charge < -0.3 is 5.73 Å². The summed E-state index contributed by atoms with van der Waals surface area (Å²) in [7, 11) is 0. The number of anilines is 1. The van der Waals surface area contributed by atoms with Crippen LogP contribution in [0.15, 0.2) is 21.5 Å². The van der Waals surface area contributed by atoms with Crippen LogP contribution in [0.25, 0.3) is 0 Å². The van der Waals surface area contributed by atoms with Crippen LogP contribution in [0.3, 0.4) is 0 Å². The van der Waals surface area contributed by atoms with Crippen LogP contribution in [-0.2, 0) is 0 Å². The minimum absolute atomic E-state index is 0.546. The second kappa shape index (κ2) is 3.16. The molecule has 0 radical (unpaired) electrons. The van der Waals surface area contributed by atoms with Crippen molar-refractivity contribution in [3.8, 4) is 6.07 Å². The van der Waals surface area contributed by atoms with Crippen LogP contribution in [0.4, 0.5) is 5.69 Å². The highest BCUT2D eigenvalue weighted by Crippen LogP contribution is 2.25. The van der Waals surface area contributed by atoms with Gasteiger partial charge in [-0.3, -0.25) is 0 Å². The van der Waals surface area contributed by atoms with Crippen molar-refractivity contribution in [3.05, 3.63) is 22.2 Å². The van der Waals surface area contributed by atoms with E-state index in [0.717, 1.165) is 0 Å². The molecule has 0 atom stereocenters. The Balaban J connectivity index is 3.35. The minimum Gasteiger partial charge on any atom is -0.398 e. The summed E-state index contributed by atoms with van der Waals surface area (Å²) < 4.78 is 0.704. The standard InChI is InChI=1S/C7H5BrN2S/c8-5-2-6(10)7(11)1-4(5)3-9/h1-2,11H,10H2. The van der Waals surface area contributed by atoms with Gasteiger partial charge in [-0.05, 0) is 28.1 Å². The molecule has 0 aliphatic rings. The van der Waals surface area contributed by atoms with Crippen LogP contribution in [0.1, 0.15) is 5.56 Å². The van der Waals surface area contributed by atoms with Crippen molar-refractivity contribution in [1.82, 2.24) is 0 Å². The predicted molar refractivity (Wildman–Crippen MR) is 50.5 cm³/mol. The fraction of sp³-hybridized carbons (Fsp3) is 0. The summed E-state index contributed by atoms with van der Waals surface area (Å²) in [6, 6.07) is 5.31. The largest absolute Gasteiger partial charge is 0.398 e. The number of hydrogen-bond acceptors (Lipinski definition) is 3. The van der Waals surface area contributed by atoms with Gasteiger partial charge in [0.15, 0.2) is 0 Å². The molecule has 0 saturated heterocycles. The molecular weight excluding hydrogens is 224 g/mol. The topological polar surface area (TPSA) is 49.8 Å². The number of nitrogens with two attached hydrogens (primary N) is 1. The van der Waals surface area contributed by atoms with Crippen LogP contribution >= 0.6 is 28.6 Å². The van der Waals surface area contributed by atoms with E-state index in [9.17, 15) is 0 Å². The molecule has 0 saturated carbocycles. The molecule has 0 amide bonds. The van der Waals surface area contributed by atoms with Crippen LogP contribution in [0, 0.1) is 11.3 Å². The number of benzene rings is 1. The summed E-state index contributed by atoms with van der Waals surface area (Å²) in [5, 5.41) is 8.58. The molecule has 0 unspecified atom stereocenters. The molecule has 11 heavy (non-hydrogen) atoms. The fourth-order valence-electron chi connectivity index (χ4n) is 0.663. The lowest BCUT2D eigenvalue weighted by atomic mass is 10.2. The molecule has 2 N–H and O–H groups in total. The van der Waals surface area contributed by atoms with Gasteiger partial charge in [0, 0.05) is 15.1 Å². The molecule has 0 spiro atoms. The van der Waals surface area contributed by atoms with Crippen LogP contribution in [0.5, 0.6) is 0 Å². The molecule has 0 aliphatic carbocycles. The van der Waals surface area contributed by atoms with Gasteiger partial charge in [-0.25, -0.2) is 0 Å². The third-order valence-corrected chi connectivity index (χ3v) is 2.28. The number of thiol groups is 1. The second-order valence-electron chi connectivity index (χ2n) is 2.00. The number of hydrogen-bond donors (Lipinski definition) is 2. The molecular formula is C7H5BrN2S. The maximum absolute atomic E-state index is 8.58. The summed E-state index contributed by atoms with van der Waals surface area (Å²) in [4.78, 5) is 0.629. The lowest BCUT2D eigenvalue weighted by Gasteiger charge is -2.00. The highest BCUT2D eigenvalue weighted by Gasteiger charge is 2.01. The van der Waals surface area contributed by atoms with Crippen molar-refractivity contribution in [2.75, 3.05) is 5.73 Å². The van der Waals surface area contributed by atoms with E-state index < -0.39 is 0 Å². The van der Waals surface area contributed by atoms with Crippen molar-refractivity contribution in [1.29, 1.82) is 5.26 Å². The highest BCUT2D eigenvalue weighted by molar-refractivity contribution is 9.10. The molecule has 1 aromatic rings. The smallest absolute Gasteiger partial charge is 0.100 e. The second-order valence-corrected chi connectivity index (χ2v) is 3.34. The van der Waals surface area contributed by atoms with Gasteiger partial charge in [-0.15, -0.1) is 12.6 Å². The number of nitriles is 1. The Morgan fingerprint density at radius 3 is 2.73 bits per heavy atom. The van der Waals surface area contributed by atoms with Gasteiger partial charge >= 0.3 is 0 Å². The Kier molecular flexibility index (Phi) is 2.42. The summed E-state index contributed by atoms with van der Waals surface area (Å²) >= 11 is 7.28. The fourth-order valence-corrected chi connectivity index (χ4v) is 1.31. The number of halogens is 1. The molecule has 0 aromatic heterocycles. The van der Waals surface area contributed by atoms with Gasteiger partial charge in [0.05, 0.1) is 5.56 Å². The predicted octanol–water partition coefficient (Wildman–Crippen LogP) is 2.19. The molecule has 0 bridgehead atoms. The third-order valence-electron chi connectivity index (χ3n) is 1.24. The zero-order chi connectivity index (χ0) is 8.43. The average Bonchev–Trinajstić information content (AvgIpc) is 1.97. The lowest BCUT2D eigenvalue weighted by molar-refractivity contribution is 1.39. The first-order valence-corrected chi connectivity index (χ1v) is 4.07. The summed E-state index contributed by atoms with van der Waals surface area (Å²) in [5.41, 5.74) is 6.64. The van der Waals surface area contributed by atoms with E-state index >= 15 is 0 Å². The molecule has 2 nitrogen and oxygen atoms in total. The van der Waals surface area contributed by atoms with Crippen molar-refractivity contribution in [2.24, 2.45) is 0 Å². The van der Waals surface area contributed by atoms with Crippen LogP contribution in [0.2, 0.25) is 0 Å². The van der Waals surface area contributed by atoms with E-state index in [2.05, 4.69) is 28.6 Å². The molecule has 0 fully saturated rings. The number of nitrogen functional groups attached to an aromatic ring is 1. The summed E-state index contributed by atoms with van der Waals surface area (Å²) in [6.07, 6.45) is 0. The quantitative estimate of drug-likeness (QED) is 0.529. The number of rotatable bonds is 0. The highest BCUT2D eigenvalue weighted by atomic mass is 79.9. The Bertz CT molecular complexity index is 330. The lowest BCUT2D eigenvalue weighted by Crippen LogP contribution is -1.88. The normalized spacial score (nSPS) is 9.18. The van der Waals surface area contributed by atoms with Gasteiger partial charge in [0.25, 0.3) is 0 Å². The minimum atomic E-state index is 0.546. The van der Waals surface area contributed by atoms with Crippen molar-refractivity contribution in [2.45, 2.75) is 4.90 Å². The first kappa shape index (κ1) is 8.44. The van der Waals surface area contributed by atoms with Gasteiger partial charge in [0.2, 0.25) is 0 Å². The maximum Gasteiger partial charge on any atom is 0.100 e. The Morgan fingerprint density at radius 2 is 2.18 bits per heavy atom. The van der Waals surface area contributed by atoms with Crippen LogP contribution < -0.4 is 5.73 Å². The zero-order valence-corrected chi connectivity index (χ0v) is 7.98. The molecule has 0 aliphatic heterocycles. The molecule has 1 rings (SSSR count). The van der Waals surface area contributed by atoms with E-state index in [-0.39, 0.29) is 0 Å². The van der Waals surface area contributed by atoms with Gasteiger partial charge in [0.1, 0.15) is 6.07 Å². The van der Waals surface area contributed by atoms with Crippen molar-refractivity contribution >= 4 is 34.2 Å². The molecule has 56 valence electrons. The van der Waals surface area contributed by atoms with E-state index in [4.69, 9.17) is 11.0 Å². The van der Waals surface area contributed by atoms with Crippen LogP contribution in [-0.4, -0.2) is 0 Å². The van der Waals surface area contributed by atoms with E-state index in [1.807, 2.05) is 6.07 Å². The Labute approximate surface area is 78.6 Å². The molecule has 1 aromatic carbocycles. The Hall–Kier alpha value is -0.660. The van der Waals surface area contributed by atoms with E-state index in [1.165, 1.54) is 0 Å². The monoisotopic (exact) mass is 228 g/mol.